The van der Waals surface area contributed by atoms with Crippen molar-refractivity contribution in [1.29, 1.82) is 0 Å². The van der Waals surface area contributed by atoms with E-state index in [1.807, 2.05) is 25.8 Å². The molecule has 2 rings (SSSR count). The molecule has 0 aliphatic carbocycles. The largest absolute Gasteiger partial charge is 0.242 e. The van der Waals surface area contributed by atoms with E-state index in [-0.39, 0.29) is 0 Å². The number of nitrogens with zero attached hydrogens (tertiary/aromatic N) is 1. The fraction of sp³-hybridized carbons (Fsp3) is 0.467. The van der Waals surface area contributed by atoms with Crippen molar-refractivity contribution in [2.75, 3.05) is 13.1 Å². The highest BCUT2D eigenvalue weighted by atomic mass is 32.2. The molecule has 1 aromatic carbocycles. The van der Waals surface area contributed by atoms with E-state index >= 15 is 0 Å². The number of hydrogen-bond donors (Lipinski definition) is 0. The van der Waals surface area contributed by atoms with Crippen molar-refractivity contribution in [2.24, 2.45) is 0 Å². The van der Waals surface area contributed by atoms with Gasteiger partial charge in [-0.05, 0) is 44.3 Å². The van der Waals surface area contributed by atoms with Crippen LogP contribution in [-0.4, -0.2) is 17.4 Å². The predicted molar refractivity (Wildman–Crippen MR) is 78.3 cm³/mol. The zero-order valence-corrected chi connectivity index (χ0v) is 12.2. The maximum Gasteiger partial charge on any atom is 0.0276 e. The van der Waals surface area contributed by atoms with Crippen LogP contribution in [0.25, 0.3) is 0 Å². The summed E-state index contributed by atoms with van der Waals surface area (Å²) in [7, 11) is 0. The smallest absolute Gasteiger partial charge is 0.0276 e. The highest BCUT2D eigenvalue weighted by Gasteiger charge is 2.10. The third-order valence-corrected chi connectivity index (χ3v) is 3.73. The molecule has 0 saturated carbocycles. The molecule has 0 bridgehead atoms. The lowest BCUT2D eigenvalue weighted by atomic mass is 10.1. The Balaban J connectivity index is 0.000000686. The maximum atomic E-state index is 2.41. The van der Waals surface area contributed by atoms with Crippen molar-refractivity contribution < 1.29 is 0 Å². The van der Waals surface area contributed by atoms with E-state index in [2.05, 4.69) is 48.5 Å². The minimum atomic E-state index is 1.07. The Bertz CT molecular complexity index is 354. The van der Waals surface area contributed by atoms with Gasteiger partial charge in [0.25, 0.3) is 0 Å². The molecular formula is C15H23NS. The molecule has 1 nitrogen and oxygen atoms in total. The van der Waals surface area contributed by atoms with E-state index in [1.165, 1.54) is 29.0 Å². The molecule has 1 aliphatic rings. The third-order valence-electron chi connectivity index (χ3n) is 2.65. The van der Waals surface area contributed by atoms with Gasteiger partial charge in [0.15, 0.2) is 0 Å². The summed E-state index contributed by atoms with van der Waals surface area (Å²) in [4.78, 5) is 1.34. The maximum absolute atomic E-state index is 2.41. The number of hydrogen-bond acceptors (Lipinski definition) is 2. The van der Waals surface area contributed by atoms with Gasteiger partial charge in [-0.2, -0.15) is 0 Å². The van der Waals surface area contributed by atoms with Gasteiger partial charge >= 0.3 is 0 Å². The Kier molecular flexibility index (Phi) is 6.38. The first-order valence-electron chi connectivity index (χ1n) is 6.39. The first-order valence-corrected chi connectivity index (χ1v) is 7.16. The summed E-state index contributed by atoms with van der Waals surface area (Å²) < 4.78 is 2.41. The lowest BCUT2D eigenvalue weighted by molar-refractivity contribution is 0.499. The average molecular weight is 249 g/mol. The molecule has 0 spiro atoms. The molecule has 0 unspecified atom stereocenters. The molecule has 94 valence electrons. The van der Waals surface area contributed by atoms with Crippen LogP contribution in [0.2, 0.25) is 0 Å². The van der Waals surface area contributed by atoms with Crippen molar-refractivity contribution in [3.8, 4) is 0 Å². The summed E-state index contributed by atoms with van der Waals surface area (Å²) in [5.41, 5.74) is 2.85. The Hall–Kier alpha value is -0.730. The normalized spacial score (nSPS) is 15.9. The van der Waals surface area contributed by atoms with Gasteiger partial charge in [-0.25, -0.2) is 4.31 Å². The van der Waals surface area contributed by atoms with E-state index in [4.69, 9.17) is 0 Å². The average Bonchev–Trinajstić information content (AvgIpc) is 2.37. The topological polar surface area (TPSA) is 3.24 Å². The fourth-order valence-electron chi connectivity index (χ4n) is 1.58. The van der Waals surface area contributed by atoms with Crippen LogP contribution in [0.3, 0.4) is 0 Å². The molecule has 0 fully saturated rings. The highest BCUT2D eigenvalue weighted by Crippen LogP contribution is 2.25. The molecule has 2 heteroatoms. The molecule has 1 aromatic rings. The van der Waals surface area contributed by atoms with Crippen LogP contribution < -0.4 is 0 Å². The second kappa shape index (κ2) is 7.57. The van der Waals surface area contributed by atoms with Gasteiger partial charge in [-0.15, -0.1) is 0 Å². The van der Waals surface area contributed by atoms with Crippen molar-refractivity contribution in [3.63, 3.8) is 0 Å². The summed E-state index contributed by atoms with van der Waals surface area (Å²) >= 11 is 1.86. The van der Waals surface area contributed by atoms with Gasteiger partial charge in [0.05, 0.1) is 0 Å². The minimum Gasteiger partial charge on any atom is -0.242 e. The summed E-state index contributed by atoms with van der Waals surface area (Å²) in [6.45, 7) is 10.6. The third kappa shape index (κ3) is 4.97. The summed E-state index contributed by atoms with van der Waals surface area (Å²) in [6, 6.07) is 8.75. The Morgan fingerprint density at radius 3 is 2.24 bits per heavy atom. The van der Waals surface area contributed by atoms with Gasteiger partial charge in [0.2, 0.25) is 0 Å². The van der Waals surface area contributed by atoms with Gasteiger partial charge in [-0.3, -0.25) is 0 Å². The van der Waals surface area contributed by atoms with Gasteiger partial charge in [0.1, 0.15) is 0 Å². The standard InChI is InChI=1S/C13H17NS.C2H6/c1-11-3-5-13(6-4-11)15-14-9-7-12(2)8-10-14;1-2/h3-7H,8-10H2,1-2H3;1-2H3. The van der Waals surface area contributed by atoms with Crippen LogP contribution in [0.5, 0.6) is 0 Å². The molecule has 0 radical (unpaired) electrons. The van der Waals surface area contributed by atoms with Crippen molar-refractivity contribution in [2.45, 2.75) is 39.0 Å². The zero-order valence-electron chi connectivity index (χ0n) is 11.4. The van der Waals surface area contributed by atoms with Gasteiger partial charge in [0, 0.05) is 18.0 Å². The van der Waals surface area contributed by atoms with Crippen LogP contribution in [-0.2, 0) is 0 Å². The molecule has 1 heterocycles. The van der Waals surface area contributed by atoms with Crippen molar-refractivity contribution in [3.05, 3.63) is 41.5 Å². The molecule has 0 saturated heterocycles. The SMILES string of the molecule is CC.CC1=CCN(Sc2ccc(C)cc2)CC1. The molecule has 0 aromatic heterocycles. The molecule has 1 aliphatic heterocycles. The first-order chi connectivity index (χ1) is 8.24. The minimum absolute atomic E-state index is 1.07. The number of aryl methyl sites for hydroxylation is 1. The van der Waals surface area contributed by atoms with Crippen molar-refractivity contribution in [1.82, 2.24) is 4.31 Å². The van der Waals surface area contributed by atoms with Crippen molar-refractivity contribution >= 4 is 11.9 Å². The van der Waals surface area contributed by atoms with E-state index in [0.29, 0.717) is 0 Å². The number of rotatable bonds is 2. The zero-order chi connectivity index (χ0) is 12.7. The molecule has 0 N–H and O–H groups in total. The van der Waals surface area contributed by atoms with Crippen LogP contribution in [0.15, 0.2) is 40.8 Å². The predicted octanol–water partition coefficient (Wildman–Crippen LogP) is 4.68. The van der Waals surface area contributed by atoms with E-state index in [1.54, 1.807) is 0 Å². The van der Waals surface area contributed by atoms with Crippen LogP contribution in [0.1, 0.15) is 32.8 Å². The molecular weight excluding hydrogens is 226 g/mol. The summed E-state index contributed by atoms with van der Waals surface area (Å²) in [5.74, 6) is 0. The molecule has 17 heavy (non-hydrogen) atoms. The fourth-order valence-corrected chi connectivity index (χ4v) is 2.47. The van der Waals surface area contributed by atoms with Crippen LogP contribution in [0, 0.1) is 6.92 Å². The van der Waals surface area contributed by atoms with Crippen LogP contribution in [0.4, 0.5) is 0 Å². The van der Waals surface area contributed by atoms with Crippen LogP contribution >= 0.6 is 11.9 Å². The Labute approximate surface area is 110 Å². The monoisotopic (exact) mass is 249 g/mol. The lowest BCUT2D eigenvalue weighted by Gasteiger charge is -2.23. The van der Waals surface area contributed by atoms with Gasteiger partial charge in [-0.1, -0.05) is 43.2 Å². The second-order valence-corrected chi connectivity index (χ2v) is 5.26. The van der Waals surface area contributed by atoms with E-state index < -0.39 is 0 Å². The number of benzene rings is 1. The lowest BCUT2D eigenvalue weighted by Crippen LogP contribution is -2.21. The molecule has 0 atom stereocenters. The highest BCUT2D eigenvalue weighted by molar-refractivity contribution is 7.97. The quantitative estimate of drug-likeness (QED) is 0.553. The summed E-state index contributed by atoms with van der Waals surface area (Å²) in [5, 5.41) is 0. The Morgan fingerprint density at radius 2 is 1.71 bits per heavy atom. The Morgan fingerprint density at radius 1 is 1.06 bits per heavy atom. The van der Waals surface area contributed by atoms with E-state index in [0.717, 1.165) is 6.54 Å². The van der Waals surface area contributed by atoms with E-state index in [9.17, 15) is 0 Å². The first kappa shape index (κ1) is 14.3. The summed E-state index contributed by atoms with van der Waals surface area (Å²) in [6.07, 6.45) is 3.53. The second-order valence-electron chi connectivity index (χ2n) is 4.09. The van der Waals surface area contributed by atoms with Gasteiger partial charge < -0.3 is 0 Å². The molecule has 0 amide bonds.